The maximum absolute atomic E-state index is 6.02. The predicted octanol–water partition coefficient (Wildman–Crippen LogP) is 1.98. The van der Waals surface area contributed by atoms with Gasteiger partial charge in [-0.15, -0.1) is 0 Å². The lowest BCUT2D eigenvalue weighted by atomic mass is 10.2. The molecule has 0 atom stereocenters. The van der Waals surface area contributed by atoms with Crippen LogP contribution in [0.25, 0.3) is 0 Å². The molecule has 1 saturated heterocycles. The number of piperazine rings is 1. The van der Waals surface area contributed by atoms with Crippen LogP contribution in [0.15, 0.2) is 36.4 Å². The number of halogens is 1. The molecular weight excluding hydrogens is 246 g/mol. The van der Waals surface area contributed by atoms with E-state index in [1.165, 1.54) is 5.69 Å². The number of benzene rings is 1. The fourth-order valence-corrected chi connectivity index (χ4v) is 2.37. The molecule has 3 nitrogen and oxygen atoms in total. The SMILES string of the molecule is NCC=CCN1CCN(c2cccc(Cl)c2)CC1. The van der Waals surface area contributed by atoms with Gasteiger partial charge in [-0.05, 0) is 18.2 Å². The second kappa shape index (κ2) is 6.78. The van der Waals surface area contributed by atoms with E-state index in [9.17, 15) is 0 Å². The van der Waals surface area contributed by atoms with Crippen LogP contribution in [0.3, 0.4) is 0 Å². The lowest BCUT2D eigenvalue weighted by molar-refractivity contribution is 0.284. The highest BCUT2D eigenvalue weighted by Gasteiger charge is 2.16. The Morgan fingerprint density at radius 2 is 1.94 bits per heavy atom. The number of hydrogen-bond acceptors (Lipinski definition) is 3. The van der Waals surface area contributed by atoms with Gasteiger partial charge in [-0.3, -0.25) is 4.90 Å². The van der Waals surface area contributed by atoms with Crippen molar-refractivity contribution in [3.63, 3.8) is 0 Å². The average molecular weight is 266 g/mol. The van der Waals surface area contributed by atoms with Crippen molar-refractivity contribution < 1.29 is 0 Å². The van der Waals surface area contributed by atoms with Crippen LogP contribution in [0.5, 0.6) is 0 Å². The van der Waals surface area contributed by atoms with Crippen LogP contribution in [0.1, 0.15) is 0 Å². The zero-order valence-corrected chi connectivity index (χ0v) is 11.3. The normalized spacial score (nSPS) is 17.6. The van der Waals surface area contributed by atoms with E-state index < -0.39 is 0 Å². The van der Waals surface area contributed by atoms with Gasteiger partial charge < -0.3 is 10.6 Å². The van der Waals surface area contributed by atoms with Gasteiger partial charge in [-0.1, -0.05) is 29.8 Å². The van der Waals surface area contributed by atoms with Gasteiger partial charge in [0.05, 0.1) is 0 Å². The molecular formula is C14H20ClN3. The molecule has 1 aromatic rings. The van der Waals surface area contributed by atoms with Gasteiger partial charge in [0.2, 0.25) is 0 Å². The largest absolute Gasteiger partial charge is 0.369 e. The maximum atomic E-state index is 6.02. The van der Waals surface area contributed by atoms with E-state index in [1.807, 2.05) is 24.3 Å². The Morgan fingerprint density at radius 3 is 2.61 bits per heavy atom. The smallest absolute Gasteiger partial charge is 0.0426 e. The fraction of sp³-hybridized carbons (Fsp3) is 0.429. The third-order valence-corrected chi connectivity index (χ3v) is 3.45. The molecule has 0 spiro atoms. The molecule has 0 saturated carbocycles. The van der Waals surface area contributed by atoms with Crippen LogP contribution in [-0.2, 0) is 0 Å². The van der Waals surface area contributed by atoms with Crippen molar-refractivity contribution in [3.05, 3.63) is 41.4 Å². The maximum Gasteiger partial charge on any atom is 0.0426 e. The summed E-state index contributed by atoms with van der Waals surface area (Å²) in [7, 11) is 0. The Kier molecular flexibility index (Phi) is 5.05. The zero-order valence-electron chi connectivity index (χ0n) is 10.6. The molecule has 2 N–H and O–H groups in total. The van der Waals surface area contributed by atoms with Gasteiger partial charge in [-0.25, -0.2) is 0 Å². The minimum Gasteiger partial charge on any atom is -0.369 e. The van der Waals surface area contributed by atoms with Gasteiger partial charge in [0.1, 0.15) is 0 Å². The minimum absolute atomic E-state index is 0.627. The first kappa shape index (κ1) is 13.4. The summed E-state index contributed by atoms with van der Waals surface area (Å²) in [6, 6.07) is 8.08. The number of anilines is 1. The summed E-state index contributed by atoms with van der Waals surface area (Å²) in [4.78, 5) is 4.82. The first-order valence-corrected chi connectivity index (χ1v) is 6.75. The van der Waals surface area contributed by atoms with Crippen LogP contribution in [0, 0.1) is 0 Å². The van der Waals surface area contributed by atoms with E-state index in [-0.39, 0.29) is 0 Å². The highest BCUT2D eigenvalue weighted by molar-refractivity contribution is 6.30. The Labute approximate surface area is 114 Å². The Hall–Kier alpha value is -1.03. The molecule has 1 aliphatic rings. The van der Waals surface area contributed by atoms with Crippen molar-refractivity contribution in [3.8, 4) is 0 Å². The van der Waals surface area contributed by atoms with Gasteiger partial charge in [0, 0.05) is 50.0 Å². The highest BCUT2D eigenvalue weighted by Crippen LogP contribution is 2.20. The first-order valence-electron chi connectivity index (χ1n) is 6.37. The molecule has 1 heterocycles. The van der Waals surface area contributed by atoms with Gasteiger partial charge >= 0.3 is 0 Å². The summed E-state index contributed by atoms with van der Waals surface area (Å²) >= 11 is 6.02. The van der Waals surface area contributed by atoms with E-state index in [4.69, 9.17) is 17.3 Å². The average Bonchev–Trinajstić information content (AvgIpc) is 2.40. The lowest BCUT2D eigenvalue weighted by Crippen LogP contribution is -2.46. The lowest BCUT2D eigenvalue weighted by Gasteiger charge is -2.35. The molecule has 2 rings (SSSR count). The van der Waals surface area contributed by atoms with E-state index in [0.29, 0.717) is 6.54 Å². The topological polar surface area (TPSA) is 32.5 Å². The van der Waals surface area contributed by atoms with E-state index in [0.717, 1.165) is 37.7 Å². The van der Waals surface area contributed by atoms with E-state index in [1.54, 1.807) is 0 Å². The molecule has 18 heavy (non-hydrogen) atoms. The number of nitrogens with zero attached hydrogens (tertiary/aromatic N) is 2. The molecule has 0 aromatic heterocycles. The summed E-state index contributed by atoms with van der Waals surface area (Å²) in [5.41, 5.74) is 6.65. The Balaban J connectivity index is 1.85. The molecule has 1 aromatic carbocycles. The van der Waals surface area contributed by atoms with Crippen molar-refractivity contribution in [2.24, 2.45) is 5.73 Å². The fourth-order valence-electron chi connectivity index (χ4n) is 2.18. The molecule has 0 radical (unpaired) electrons. The quantitative estimate of drug-likeness (QED) is 0.845. The van der Waals surface area contributed by atoms with Gasteiger partial charge in [0.25, 0.3) is 0 Å². The summed E-state index contributed by atoms with van der Waals surface area (Å²) in [6.07, 6.45) is 4.17. The molecule has 0 bridgehead atoms. The van der Waals surface area contributed by atoms with Crippen LogP contribution >= 0.6 is 11.6 Å². The molecule has 1 fully saturated rings. The molecule has 98 valence electrons. The van der Waals surface area contributed by atoms with Crippen LogP contribution in [-0.4, -0.2) is 44.2 Å². The van der Waals surface area contributed by atoms with Crippen LogP contribution in [0.2, 0.25) is 5.02 Å². The van der Waals surface area contributed by atoms with Crippen molar-refractivity contribution in [2.45, 2.75) is 0 Å². The number of rotatable bonds is 4. The molecule has 4 heteroatoms. The summed E-state index contributed by atoms with van der Waals surface area (Å²) in [6.45, 7) is 5.90. The van der Waals surface area contributed by atoms with Crippen LogP contribution in [0.4, 0.5) is 5.69 Å². The monoisotopic (exact) mass is 265 g/mol. The van der Waals surface area contributed by atoms with Crippen molar-refractivity contribution in [1.29, 1.82) is 0 Å². The van der Waals surface area contributed by atoms with Crippen LogP contribution < -0.4 is 10.6 Å². The highest BCUT2D eigenvalue weighted by atomic mass is 35.5. The first-order chi connectivity index (χ1) is 8.79. The van der Waals surface area contributed by atoms with E-state index >= 15 is 0 Å². The third kappa shape index (κ3) is 3.73. The van der Waals surface area contributed by atoms with Crippen molar-refractivity contribution >= 4 is 17.3 Å². The summed E-state index contributed by atoms with van der Waals surface area (Å²) < 4.78 is 0. The number of hydrogen-bond donors (Lipinski definition) is 1. The minimum atomic E-state index is 0.627. The second-order valence-corrected chi connectivity index (χ2v) is 4.91. The Morgan fingerprint density at radius 1 is 1.17 bits per heavy atom. The van der Waals surface area contributed by atoms with Gasteiger partial charge in [-0.2, -0.15) is 0 Å². The molecule has 0 unspecified atom stereocenters. The number of nitrogens with two attached hydrogens (primary N) is 1. The standard InChI is InChI=1S/C14H20ClN3/c15-13-4-3-5-14(12-13)18-10-8-17(9-11-18)7-2-1-6-16/h1-5,12H,6-11,16H2. The molecule has 1 aliphatic heterocycles. The van der Waals surface area contributed by atoms with E-state index in [2.05, 4.69) is 21.9 Å². The second-order valence-electron chi connectivity index (χ2n) is 4.47. The zero-order chi connectivity index (χ0) is 12.8. The van der Waals surface area contributed by atoms with Crippen molar-refractivity contribution in [2.75, 3.05) is 44.2 Å². The van der Waals surface area contributed by atoms with Gasteiger partial charge in [0.15, 0.2) is 0 Å². The molecule has 0 amide bonds. The molecule has 0 aliphatic carbocycles. The Bertz CT molecular complexity index is 398. The predicted molar refractivity (Wildman–Crippen MR) is 78.3 cm³/mol. The summed E-state index contributed by atoms with van der Waals surface area (Å²) in [5, 5.41) is 0.806. The summed E-state index contributed by atoms with van der Waals surface area (Å²) in [5.74, 6) is 0. The van der Waals surface area contributed by atoms with Crippen molar-refractivity contribution in [1.82, 2.24) is 4.90 Å². The third-order valence-electron chi connectivity index (χ3n) is 3.21.